The van der Waals surface area contributed by atoms with Gasteiger partial charge < -0.3 is 4.74 Å². The van der Waals surface area contributed by atoms with Crippen LogP contribution in [0.15, 0.2) is 0 Å². The maximum absolute atomic E-state index is 12.3. The minimum absolute atomic E-state index is 0.0289. The highest BCUT2D eigenvalue weighted by Gasteiger charge is 2.38. The monoisotopic (exact) mass is 240 g/mol. The van der Waals surface area contributed by atoms with E-state index in [0.29, 0.717) is 5.92 Å². The second-order valence-corrected chi connectivity index (χ2v) is 5.99. The van der Waals surface area contributed by atoms with Crippen LogP contribution >= 0.6 is 0 Å². The summed E-state index contributed by atoms with van der Waals surface area (Å²) in [5.41, 5.74) is -0.299. The fourth-order valence-electron chi connectivity index (χ4n) is 2.61. The Hall–Kier alpha value is -0.530. The van der Waals surface area contributed by atoms with Crippen molar-refractivity contribution in [3.05, 3.63) is 0 Å². The van der Waals surface area contributed by atoms with Crippen molar-refractivity contribution in [3.8, 4) is 0 Å². The zero-order valence-electron chi connectivity index (χ0n) is 11.9. The van der Waals surface area contributed by atoms with E-state index in [0.717, 1.165) is 25.7 Å². The number of esters is 1. The van der Waals surface area contributed by atoms with E-state index in [1.807, 2.05) is 0 Å². The quantitative estimate of drug-likeness (QED) is 0.669. The summed E-state index contributed by atoms with van der Waals surface area (Å²) in [6.07, 6.45) is 7.99. The van der Waals surface area contributed by atoms with Crippen molar-refractivity contribution in [2.45, 2.75) is 78.7 Å². The first-order chi connectivity index (χ1) is 8.00. The maximum atomic E-state index is 12.3. The molecule has 0 bridgehead atoms. The molecule has 0 aliphatic heterocycles. The minimum atomic E-state index is -0.299. The fraction of sp³-hybridized carbons (Fsp3) is 0.933. The van der Waals surface area contributed by atoms with Crippen LogP contribution in [0.25, 0.3) is 0 Å². The topological polar surface area (TPSA) is 26.3 Å². The zero-order valence-corrected chi connectivity index (χ0v) is 11.9. The molecule has 0 radical (unpaired) electrons. The molecular weight excluding hydrogens is 212 g/mol. The van der Waals surface area contributed by atoms with Gasteiger partial charge in [0.2, 0.25) is 0 Å². The molecule has 1 fully saturated rings. The molecule has 0 aromatic heterocycles. The largest absolute Gasteiger partial charge is 0.462 e. The van der Waals surface area contributed by atoms with Crippen LogP contribution in [-0.4, -0.2) is 12.1 Å². The molecule has 1 saturated carbocycles. The summed E-state index contributed by atoms with van der Waals surface area (Å²) in [6, 6.07) is 0. The van der Waals surface area contributed by atoms with Crippen LogP contribution < -0.4 is 0 Å². The van der Waals surface area contributed by atoms with Gasteiger partial charge >= 0.3 is 5.97 Å². The van der Waals surface area contributed by atoms with Crippen molar-refractivity contribution >= 4 is 5.97 Å². The van der Waals surface area contributed by atoms with E-state index in [9.17, 15) is 4.79 Å². The second-order valence-electron chi connectivity index (χ2n) is 5.99. The molecule has 1 atom stereocenters. The van der Waals surface area contributed by atoms with Gasteiger partial charge in [-0.15, -0.1) is 0 Å². The third-order valence-corrected chi connectivity index (χ3v) is 4.34. The predicted molar refractivity (Wildman–Crippen MR) is 70.8 cm³/mol. The van der Waals surface area contributed by atoms with Gasteiger partial charge in [0, 0.05) is 0 Å². The van der Waals surface area contributed by atoms with Crippen LogP contribution in [0.3, 0.4) is 0 Å². The van der Waals surface area contributed by atoms with Crippen molar-refractivity contribution in [1.82, 2.24) is 0 Å². The fourth-order valence-corrected chi connectivity index (χ4v) is 2.61. The Labute approximate surface area is 106 Å². The number of ether oxygens (including phenoxy) is 1. The van der Waals surface area contributed by atoms with Crippen LogP contribution in [0.1, 0.15) is 72.6 Å². The van der Waals surface area contributed by atoms with Crippen molar-refractivity contribution in [1.29, 1.82) is 0 Å². The van der Waals surface area contributed by atoms with Gasteiger partial charge in [-0.25, -0.2) is 0 Å². The molecule has 0 aromatic rings. The number of carbonyl (C=O) groups is 1. The van der Waals surface area contributed by atoms with Gasteiger partial charge in [-0.1, -0.05) is 33.6 Å². The summed E-state index contributed by atoms with van der Waals surface area (Å²) in [7, 11) is 0. The van der Waals surface area contributed by atoms with Crippen LogP contribution in [0.4, 0.5) is 0 Å². The van der Waals surface area contributed by atoms with Gasteiger partial charge in [0.1, 0.15) is 6.10 Å². The summed E-state index contributed by atoms with van der Waals surface area (Å²) in [5.74, 6) is 0.375. The molecule has 0 N–H and O–H groups in total. The SMILES string of the molecule is CCCC(C)(C(=O)OC1CCCCC1)C(C)C. The molecule has 0 amide bonds. The maximum Gasteiger partial charge on any atom is 0.312 e. The molecule has 2 heteroatoms. The van der Waals surface area contributed by atoms with Gasteiger partial charge in [0.15, 0.2) is 0 Å². The van der Waals surface area contributed by atoms with Crippen LogP contribution in [-0.2, 0) is 9.53 Å². The van der Waals surface area contributed by atoms with Gasteiger partial charge in [-0.05, 0) is 44.9 Å². The molecule has 1 unspecified atom stereocenters. The summed E-state index contributed by atoms with van der Waals surface area (Å²) in [4.78, 5) is 12.3. The lowest BCUT2D eigenvalue weighted by Gasteiger charge is -2.33. The number of carbonyl (C=O) groups excluding carboxylic acids is 1. The Morgan fingerprint density at radius 3 is 2.35 bits per heavy atom. The molecule has 0 saturated heterocycles. The molecule has 0 heterocycles. The molecule has 1 rings (SSSR count). The van der Waals surface area contributed by atoms with Crippen LogP contribution in [0, 0.1) is 11.3 Å². The molecular formula is C15H28O2. The lowest BCUT2D eigenvalue weighted by atomic mass is 9.75. The highest BCUT2D eigenvalue weighted by Crippen LogP contribution is 2.35. The average molecular weight is 240 g/mol. The van der Waals surface area contributed by atoms with Crippen molar-refractivity contribution in [3.63, 3.8) is 0 Å². The van der Waals surface area contributed by atoms with Crippen molar-refractivity contribution < 1.29 is 9.53 Å². The molecule has 100 valence electrons. The second kappa shape index (κ2) is 6.42. The van der Waals surface area contributed by atoms with Gasteiger partial charge in [-0.3, -0.25) is 4.79 Å². The minimum Gasteiger partial charge on any atom is -0.462 e. The highest BCUT2D eigenvalue weighted by molar-refractivity contribution is 5.76. The van der Waals surface area contributed by atoms with Crippen LogP contribution in [0.2, 0.25) is 0 Å². The Balaban J connectivity index is 2.58. The summed E-state index contributed by atoms with van der Waals surface area (Å²) >= 11 is 0. The molecule has 2 nitrogen and oxygen atoms in total. The first-order valence-electron chi connectivity index (χ1n) is 7.21. The summed E-state index contributed by atoms with van der Waals surface area (Å²) in [5, 5.41) is 0. The average Bonchev–Trinajstić information content (AvgIpc) is 2.30. The van der Waals surface area contributed by atoms with Crippen LogP contribution in [0.5, 0.6) is 0 Å². The van der Waals surface area contributed by atoms with E-state index in [2.05, 4.69) is 27.7 Å². The van der Waals surface area contributed by atoms with Crippen molar-refractivity contribution in [2.24, 2.45) is 11.3 Å². The molecule has 0 aromatic carbocycles. The lowest BCUT2D eigenvalue weighted by molar-refractivity contribution is -0.165. The van der Waals surface area contributed by atoms with E-state index < -0.39 is 0 Å². The zero-order chi connectivity index (χ0) is 12.9. The third kappa shape index (κ3) is 3.72. The first kappa shape index (κ1) is 14.5. The van der Waals surface area contributed by atoms with Gasteiger partial charge in [0.25, 0.3) is 0 Å². The van der Waals surface area contributed by atoms with Crippen molar-refractivity contribution in [2.75, 3.05) is 0 Å². The highest BCUT2D eigenvalue weighted by atomic mass is 16.5. The van der Waals surface area contributed by atoms with E-state index in [1.54, 1.807) is 0 Å². The number of hydrogen-bond acceptors (Lipinski definition) is 2. The Kier molecular flexibility index (Phi) is 5.48. The Bertz CT molecular complexity index is 241. The third-order valence-electron chi connectivity index (χ3n) is 4.34. The predicted octanol–water partition coefficient (Wildman–Crippen LogP) is 4.32. The summed E-state index contributed by atoms with van der Waals surface area (Å²) < 4.78 is 5.73. The number of rotatable bonds is 5. The summed E-state index contributed by atoms with van der Waals surface area (Å²) in [6.45, 7) is 8.44. The molecule has 1 aliphatic rings. The van der Waals surface area contributed by atoms with Gasteiger partial charge in [-0.2, -0.15) is 0 Å². The molecule has 17 heavy (non-hydrogen) atoms. The van der Waals surface area contributed by atoms with E-state index >= 15 is 0 Å². The Morgan fingerprint density at radius 1 is 1.29 bits per heavy atom. The first-order valence-corrected chi connectivity index (χ1v) is 7.21. The molecule has 1 aliphatic carbocycles. The molecule has 0 spiro atoms. The lowest BCUT2D eigenvalue weighted by Crippen LogP contribution is -2.37. The van der Waals surface area contributed by atoms with E-state index in [-0.39, 0.29) is 17.5 Å². The van der Waals surface area contributed by atoms with E-state index in [4.69, 9.17) is 4.74 Å². The van der Waals surface area contributed by atoms with Gasteiger partial charge in [0.05, 0.1) is 5.41 Å². The number of hydrogen-bond donors (Lipinski definition) is 0. The Morgan fingerprint density at radius 2 is 1.88 bits per heavy atom. The van der Waals surface area contributed by atoms with E-state index in [1.165, 1.54) is 19.3 Å². The smallest absolute Gasteiger partial charge is 0.312 e. The normalized spacial score (nSPS) is 21.2. The standard InChI is InChI=1S/C15H28O2/c1-5-11-15(4,12(2)3)14(16)17-13-9-7-6-8-10-13/h12-13H,5-11H2,1-4H3.